The fourth-order valence-electron chi connectivity index (χ4n) is 3.07. The van der Waals surface area contributed by atoms with E-state index in [9.17, 15) is 9.59 Å². The summed E-state index contributed by atoms with van der Waals surface area (Å²) < 4.78 is 4.64. The molecule has 0 bridgehead atoms. The second-order valence-electron chi connectivity index (χ2n) is 6.64. The monoisotopic (exact) mass is 376 g/mol. The molecule has 3 aromatic heterocycles. The molecule has 0 spiro atoms. The molecule has 8 nitrogen and oxygen atoms in total. The van der Waals surface area contributed by atoms with Crippen molar-refractivity contribution in [1.82, 2.24) is 24.0 Å². The number of amides is 1. The van der Waals surface area contributed by atoms with Gasteiger partial charge in [-0.1, -0.05) is 18.2 Å². The second kappa shape index (κ2) is 7.51. The predicted octanol–water partition coefficient (Wildman–Crippen LogP) is 1.85. The lowest BCUT2D eigenvalue weighted by atomic mass is 10.1. The van der Waals surface area contributed by atoms with E-state index in [2.05, 4.69) is 15.5 Å². The maximum atomic E-state index is 12.4. The van der Waals surface area contributed by atoms with Crippen molar-refractivity contribution in [3.05, 3.63) is 82.7 Å². The number of rotatable bonds is 6. The third kappa shape index (κ3) is 3.85. The third-order valence-corrected chi connectivity index (χ3v) is 4.43. The molecule has 1 N–H and O–H groups in total. The second-order valence-corrected chi connectivity index (χ2v) is 6.64. The van der Waals surface area contributed by atoms with E-state index in [1.54, 1.807) is 29.2 Å². The first-order valence-electron chi connectivity index (χ1n) is 8.99. The maximum Gasteiger partial charge on any atom is 0.350 e. The van der Waals surface area contributed by atoms with Gasteiger partial charge in [-0.15, -0.1) is 5.10 Å². The van der Waals surface area contributed by atoms with Crippen LogP contribution in [0, 0.1) is 0 Å². The number of anilines is 1. The van der Waals surface area contributed by atoms with Crippen molar-refractivity contribution in [3.8, 4) is 0 Å². The molecule has 1 aromatic carbocycles. The lowest BCUT2D eigenvalue weighted by Crippen LogP contribution is -2.21. The number of nitrogens with one attached hydrogen (secondary N) is 1. The Morgan fingerprint density at radius 3 is 2.82 bits per heavy atom. The minimum atomic E-state index is -0.193. The Labute approximate surface area is 161 Å². The van der Waals surface area contributed by atoms with E-state index < -0.39 is 0 Å². The number of pyridine rings is 1. The van der Waals surface area contributed by atoms with Crippen LogP contribution in [-0.2, 0) is 24.8 Å². The molecule has 142 valence electrons. The van der Waals surface area contributed by atoms with Crippen LogP contribution in [0.3, 0.4) is 0 Å². The Bertz CT molecular complexity index is 1190. The Morgan fingerprint density at radius 1 is 1.14 bits per heavy atom. The van der Waals surface area contributed by atoms with Crippen LogP contribution in [0.2, 0.25) is 0 Å². The van der Waals surface area contributed by atoms with E-state index in [0.717, 1.165) is 11.1 Å². The highest BCUT2D eigenvalue weighted by Gasteiger charge is 2.08. The van der Waals surface area contributed by atoms with E-state index in [-0.39, 0.29) is 11.6 Å². The van der Waals surface area contributed by atoms with Crippen LogP contribution < -0.4 is 11.0 Å². The Kier molecular flexibility index (Phi) is 4.76. The highest BCUT2D eigenvalue weighted by atomic mass is 16.2. The molecule has 3 heterocycles. The highest BCUT2D eigenvalue weighted by Crippen LogP contribution is 2.12. The fraction of sp³-hybridized carbons (Fsp3) is 0.200. The van der Waals surface area contributed by atoms with E-state index in [1.165, 1.54) is 9.08 Å². The molecule has 0 fully saturated rings. The highest BCUT2D eigenvalue weighted by molar-refractivity contribution is 5.90. The summed E-state index contributed by atoms with van der Waals surface area (Å²) in [6.07, 6.45) is 6.37. The largest absolute Gasteiger partial charge is 0.350 e. The summed E-state index contributed by atoms with van der Waals surface area (Å²) in [5.74, 6) is -0.0640. The molecule has 0 atom stereocenters. The van der Waals surface area contributed by atoms with Gasteiger partial charge < -0.3 is 5.32 Å². The van der Waals surface area contributed by atoms with E-state index in [4.69, 9.17) is 0 Å². The summed E-state index contributed by atoms with van der Waals surface area (Å²) in [7, 11) is 1.85. The summed E-state index contributed by atoms with van der Waals surface area (Å²) in [4.78, 5) is 24.6. The maximum absolute atomic E-state index is 12.4. The number of carbonyl (C=O) groups excluding carboxylic acids is 1. The molecule has 0 aliphatic heterocycles. The smallest absolute Gasteiger partial charge is 0.326 e. The summed E-state index contributed by atoms with van der Waals surface area (Å²) in [5, 5.41) is 11.3. The number of hydrogen-bond donors (Lipinski definition) is 1. The van der Waals surface area contributed by atoms with Gasteiger partial charge in [-0.3, -0.25) is 13.9 Å². The summed E-state index contributed by atoms with van der Waals surface area (Å²) >= 11 is 0. The fourth-order valence-corrected chi connectivity index (χ4v) is 3.07. The molecular weight excluding hydrogens is 356 g/mol. The van der Waals surface area contributed by atoms with Crippen LogP contribution in [0.15, 0.2) is 65.8 Å². The third-order valence-electron chi connectivity index (χ3n) is 4.43. The number of carbonyl (C=O) groups is 1. The van der Waals surface area contributed by atoms with Gasteiger partial charge in [0.25, 0.3) is 0 Å². The van der Waals surface area contributed by atoms with E-state index >= 15 is 0 Å². The molecule has 1 amide bonds. The molecule has 0 unspecified atom stereocenters. The predicted molar refractivity (Wildman–Crippen MR) is 105 cm³/mol. The number of nitrogens with zero attached hydrogens (tertiary/aromatic N) is 5. The zero-order valence-corrected chi connectivity index (χ0v) is 15.4. The standard InChI is InChI=1S/C20H20N6O2/c1-24-13-16(12-21-24)8-9-19(27)22-17-6-4-5-15(11-17)14-26-20(28)25-10-3-2-7-18(25)23-26/h2-7,10-13H,8-9,14H2,1H3,(H,22,27). The van der Waals surface area contributed by atoms with E-state index in [1.807, 2.05) is 43.6 Å². The average molecular weight is 376 g/mol. The average Bonchev–Trinajstić information content (AvgIpc) is 3.24. The summed E-state index contributed by atoms with van der Waals surface area (Å²) in [5.41, 5.74) is 3.02. The SMILES string of the molecule is Cn1cc(CCC(=O)Nc2cccc(Cn3nc4ccccn4c3=O)c2)cn1. The molecule has 0 radical (unpaired) electrons. The van der Waals surface area contributed by atoms with Crippen molar-refractivity contribution in [2.75, 3.05) is 5.32 Å². The first-order valence-corrected chi connectivity index (χ1v) is 8.99. The van der Waals surface area contributed by atoms with Gasteiger partial charge in [0.2, 0.25) is 5.91 Å². The number of aromatic nitrogens is 5. The molecule has 4 rings (SSSR count). The van der Waals surface area contributed by atoms with Crippen LogP contribution >= 0.6 is 0 Å². The van der Waals surface area contributed by atoms with Crippen LogP contribution in [0.4, 0.5) is 5.69 Å². The lowest BCUT2D eigenvalue weighted by Gasteiger charge is -2.07. The number of aryl methyl sites for hydroxylation is 2. The quantitative estimate of drug-likeness (QED) is 0.556. The van der Waals surface area contributed by atoms with Crippen molar-refractivity contribution in [2.24, 2.45) is 7.05 Å². The molecule has 0 aliphatic rings. The Balaban J connectivity index is 1.43. The van der Waals surface area contributed by atoms with Gasteiger partial charge in [-0.05, 0) is 41.8 Å². The number of hydrogen-bond acceptors (Lipinski definition) is 4. The van der Waals surface area contributed by atoms with Gasteiger partial charge in [-0.2, -0.15) is 5.10 Å². The molecule has 0 aliphatic carbocycles. The van der Waals surface area contributed by atoms with Crippen molar-refractivity contribution >= 4 is 17.2 Å². The minimum absolute atomic E-state index is 0.0640. The van der Waals surface area contributed by atoms with Crippen LogP contribution in [-0.4, -0.2) is 29.9 Å². The molecular formula is C20H20N6O2. The van der Waals surface area contributed by atoms with Crippen LogP contribution in [0.25, 0.3) is 5.65 Å². The van der Waals surface area contributed by atoms with Gasteiger partial charge in [0.15, 0.2) is 5.65 Å². The Hall–Kier alpha value is -3.68. The van der Waals surface area contributed by atoms with Crippen LogP contribution in [0.5, 0.6) is 0 Å². The number of benzene rings is 1. The van der Waals surface area contributed by atoms with Gasteiger partial charge in [0, 0.05) is 31.5 Å². The van der Waals surface area contributed by atoms with Gasteiger partial charge in [-0.25, -0.2) is 9.48 Å². The lowest BCUT2D eigenvalue weighted by molar-refractivity contribution is -0.116. The van der Waals surface area contributed by atoms with Gasteiger partial charge in [0.1, 0.15) is 0 Å². The Morgan fingerprint density at radius 2 is 2.04 bits per heavy atom. The summed E-state index contributed by atoms with van der Waals surface area (Å²) in [6.45, 7) is 0.333. The molecule has 0 saturated carbocycles. The summed E-state index contributed by atoms with van der Waals surface area (Å²) in [6, 6.07) is 12.9. The van der Waals surface area contributed by atoms with Crippen molar-refractivity contribution < 1.29 is 4.79 Å². The molecule has 28 heavy (non-hydrogen) atoms. The van der Waals surface area contributed by atoms with Crippen LogP contribution in [0.1, 0.15) is 17.5 Å². The zero-order valence-electron chi connectivity index (χ0n) is 15.4. The molecule has 4 aromatic rings. The molecule has 8 heteroatoms. The molecule has 0 saturated heterocycles. The zero-order chi connectivity index (χ0) is 19.5. The first-order chi connectivity index (χ1) is 13.6. The van der Waals surface area contributed by atoms with Gasteiger partial charge in [0.05, 0.1) is 12.7 Å². The van der Waals surface area contributed by atoms with Crippen molar-refractivity contribution in [1.29, 1.82) is 0 Å². The van der Waals surface area contributed by atoms with E-state index in [0.29, 0.717) is 30.7 Å². The van der Waals surface area contributed by atoms with Crippen molar-refractivity contribution in [2.45, 2.75) is 19.4 Å². The first kappa shape index (κ1) is 17.7. The number of fused-ring (bicyclic) bond motifs is 1. The minimum Gasteiger partial charge on any atom is -0.326 e. The van der Waals surface area contributed by atoms with Gasteiger partial charge >= 0.3 is 5.69 Å². The normalized spacial score (nSPS) is 11.0. The van der Waals surface area contributed by atoms with Crippen molar-refractivity contribution in [3.63, 3.8) is 0 Å². The topological polar surface area (TPSA) is 86.2 Å².